The topological polar surface area (TPSA) is 806 Å². The average Bonchev–Trinajstić information content (AvgIpc) is 0.855. The molecular weight excluding hydrogens is 1750 g/mol. The van der Waals surface area contributed by atoms with Crippen LogP contribution in [0.5, 0.6) is 5.75 Å². The summed E-state index contributed by atoms with van der Waals surface area (Å²) in [6, 6.07) is -9.58. The number of aromatic hydroxyl groups is 1. The van der Waals surface area contributed by atoms with Gasteiger partial charge in [0.25, 0.3) is 0 Å². The van der Waals surface area contributed by atoms with Crippen LogP contribution in [0.2, 0.25) is 0 Å². The number of benzene rings is 2. The van der Waals surface area contributed by atoms with Gasteiger partial charge in [-0.1, -0.05) is 70.2 Å². The van der Waals surface area contributed by atoms with Gasteiger partial charge in [-0.25, -0.2) is 0 Å². The van der Waals surface area contributed by atoms with Crippen molar-refractivity contribution in [2.75, 3.05) is 56.3 Å². The minimum Gasteiger partial charge on any atom is -0.508 e. The van der Waals surface area contributed by atoms with Crippen LogP contribution in [0.4, 0.5) is 0 Å². The lowest BCUT2D eigenvalue weighted by atomic mass is 10.0. The second kappa shape index (κ2) is 59.5. The van der Waals surface area contributed by atoms with Gasteiger partial charge in [-0.15, -0.1) is 0 Å². The smallest absolute Gasteiger partial charge is 0.322 e. The van der Waals surface area contributed by atoms with Gasteiger partial charge in [0.1, 0.15) is 96.9 Å². The monoisotopic (exact) mass is 1870 g/mol. The first-order valence-corrected chi connectivity index (χ1v) is 43.8. The predicted molar refractivity (Wildman–Crippen MR) is 479 cm³/mol. The maximum Gasteiger partial charge on any atom is 0.322 e. The zero-order valence-corrected chi connectivity index (χ0v) is 75.3. The number of carboxylic acids is 2. The molecule has 51 heteroatoms. The number of guanidine groups is 3. The first kappa shape index (κ1) is 113. The lowest BCUT2D eigenvalue weighted by Gasteiger charge is -2.28. The Kier molecular flexibility index (Phi) is 51.9. The number of phenols is 1. The molecule has 0 bridgehead atoms. The second-order valence-corrected chi connectivity index (χ2v) is 32.4. The van der Waals surface area contributed by atoms with E-state index in [4.69, 9.17) is 44.9 Å². The summed E-state index contributed by atoms with van der Waals surface area (Å²) in [4.78, 5) is 245. The standard InChI is InChI=1S/C78H126N26O22S3/c1-38(2)30-50(69(120)94-46(17-12-27-88-77(83)84)65(116)93-47(18-13-28-89-78(85)86)66(117)102-55(36-127)73(124)96-49(25-29-129-7)68(119)99-51(64(115)90-34-59(110)111)32-43-19-21-44(106)22-20-43)97-62(113)41(6)91-61(112)40(5)92-75(126)60(39(3)4)104-72(123)54(35-105)101-67(118)48(23-24-58(108)109)95-70(121)52(31-42-14-9-8-10-15-42)100-74(125)56(37-128)103-71(122)53(33-57(80)107)98-63(114)45(79)16-11-26-87-76(81)82/h8-10,14-15,19-22,38-41,45-56,60,105-106,127-128H,11-13,16-18,23-37,79H2,1-7H3,(H2,80,107)(H,90,115)(H,91,112)(H,92,126)(H,93,116)(H,94,120)(H,95,121)(H,96,124)(H,97,113)(H,98,114)(H,99,119)(H,100,125)(H,101,118)(H,102,117)(H,103,122)(H,104,123)(H,108,109)(H,110,111)(H4,81,82,87)(H4,83,84,88)(H4,85,86,89)/t40-,41-,45-,46-,47-,48-,49-,50-,51-,52-,53-,54-,55-,56-,60-/m0/s1. The number of thioether (sulfide) groups is 1. The fourth-order valence-electron chi connectivity index (χ4n) is 12.0. The third kappa shape index (κ3) is 44.7. The maximum atomic E-state index is 14.6. The number of nitrogens with one attached hydrogen (secondary N) is 21. The van der Waals surface area contributed by atoms with Crippen LogP contribution in [0.15, 0.2) is 54.6 Å². The molecule has 16 amide bonds. The minimum absolute atomic E-state index is 0.00483. The molecule has 0 saturated heterocycles. The summed E-state index contributed by atoms with van der Waals surface area (Å²) in [6.07, 6.45) is -1.09. The van der Waals surface area contributed by atoms with E-state index in [-0.39, 0.29) is 107 Å². The van der Waals surface area contributed by atoms with Gasteiger partial charge in [0.05, 0.1) is 19.1 Å². The Bertz CT molecular complexity index is 4160. The van der Waals surface area contributed by atoms with E-state index in [9.17, 15) is 107 Å². The fourth-order valence-corrected chi connectivity index (χ4v) is 13.0. The highest BCUT2D eigenvalue weighted by Gasteiger charge is 2.39. The van der Waals surface area contributed by atoms with Crippen LogP contribution < -0.4 is 124 Å². The van der Waals surface area contributed by atoms with Crippen LogP contribution in [-0.4, -0.2) is 292 Å². The first-order chi connectivity index (χ1) is 60.7. The van der Waals surface area contributed by atoms with Crippen LogP contribution in [-0.2, 0) is 99.1 Å². The Hall–Kier alpha value is -12.5. The lowest BCUT2D eigenvalue weighted by Crippen LogP contribution is -2.62. The Morgan fingerprint density at radius 1 is 0.395 bits per heavy atom. The Balaban J connectivity index is 2.39. The van der Waals surface area contributed by atoms with E-state index >= 15 is 0 Å². The molecular formula is C78H126N26O22S3. The number of amides is 16. The highest BCUT2D eigenvalue weighted by Crippen LogP contribution is 2.16. The number of aliphatic hydroxyl groups is 1. The van der Waals surface area contributed by atoms with Crippen molar-refractivity contribution in [3.8, 4) is 5.75 Å². The Labute approximate surface area is 760 Å². The molecule has 0 radical (unpaired) electrons. The number of carboxylic acid groups (broad SMARTS) is 2. The summed E-state index contributed by atoms with van der Waals surface area (Å²) in [6.45, 7) is 7.01. The van der Waals surface area contributed by atoms with E-state index < -0.39 is 259 Å². The van der Waals surface area contributed by atoms with Gasteiger partial charge in [-0.2, -0.15) is 37.0 Å². The molecule has 0 fully saturated rings. The van der Waals surface area contributed by atoms with E-state index in [0.717, 1.165) is 0 Å². The van der Waals surface area contributed by atoms with Gasteiger partial charge in [-0.05, 0) is 119 Å². The summed E-state index contributed by atoms with van der Waals surface area (Å²) in [5.74, 6) is -22.0. The predicted octanol–water partition coefficient (Wildman–Crippen LogP) is -8.63. The average molecular weight is 1880 g/mol. The third-order valence-corrected chi connectivity index (χ3v) is 20.4. The van der Waals surface area contributed by atoms with Crippen molar-refractivity contribution in [1.29, 1.82) is 16.2 Å². The van der Waals surface area contributed by atoms with E-state index in [0.29, 0.717) is 11.1 Å². The third-order valence-electron chi connectivity index (χ3n) is 19.0. The van der Waals surface area contributed by atoms with Crippen LogP contribution in [0, 0.1) is 28.1 Å². The highest BCUT2D eigenvalue weighted by molar-refractivity contribution is 7.98. The number of hydrogen-bond donors (Lipinski definition) is 32. The maximum absolute atomic E-state index is 14.6. The lowest BCUT2D eigenvalue weighted by molar-refractivity contribution is -0.139. The Morgan fingerprint density at radius 2 is 0.760 bits per heavy atom. The van der Waals surface area contributed by atoms with Crippen molar-refractivity contribution < 1.29 is 107 Å². The summed E-state index contributed by atoms with van der Waals surface area (Å²) >= 11 is 9.79. The molecule has 129 heavy (non-hydrogen) atoms. The van der Waals surface area contributed by atoms with Crippen molar-refractivity contribution in [3.63, 3.8) is 0 Å². The van der Waals surface area contributed by atoms with Crippen LogP contribution >= 0.6 is 37.0 Å². The number of aliphatic hydroxyl groups excluding tert-OH is 1. The van der Waals surface area contributed by atoms with Gasteiger partial charge in [0.2, 0.25) is 94.5 Å². The molecule has 0 heterocycles. The molecule has 35 N–H and O–H groups in total. The fraction of sp³-hybridized carbons (Fsp3) is 0.577. The van der Waals surface area contributed by atoms with Crippen LogP contribution in [0.3, 0.4) is 0 Å². The Morgan fingerprint density at radius 3 is 1.19 bits per heavy atom. The van der Waals surface area contributed by atoms with Crippen molar-refractivity contribution in [1.82, 2.24) is 95.7 Å². The van der Waals surface area contributed by atoms with Gasteiger partial charge in [-0.3, -0.25) is 103 Å². The second-order valence-electron chi connectivity index (χ2n) is 30.7. The number of hydrogen-bond acceptors (Lipinski definition) is 27. The molecule has 2 aromatic rings. The summed E-state index contributed by atoms with van der Waals surface area (Å²) < 4.78 is 0. The van der Waals surface area contributed by atoms with E-state index in [2.05, 4.69) is 121 Å². The molecule has 718 valence electrons. The van der Waals surface area contributed by atoms with Crippen molar-refractivity contribution >= 4 is 161 Å². The molecule has 0 saturated carbocycles. The summed E-state index contributed by atoms with van der Waals surface area (Å²) in [5, 5.41) is 106. The number of nitrogens with two attached hydrogens (primary N) is 5. The molecule has 0 aliphatic heterocycles. The van der Waals surface area contributed by atoms with Crippen LogP contribution in [0.25, 0.3) is 0 Å². The molecule has 0 unspecified atom stereocenters. The van der Waals surface area contributed by atoms with Gasteiger partial charge < -0.3 is 145 Å². The summed E-state index contributed by atoms with van der Waals surface area (Å²) in [5.41, 5.74) is 28.6. The van der Waals surface area contributed by atoms with Crippen molar-refractivity contribution in [2.24, 2.45) is 40.5 Å². The molecule has 2 rings (SSSR count). The molecule has 0 aliphatic rings. The van der Waals surface area contributed by atoms with Gasteiger partial charge in [0, 0.05) is 50.4 Å². The van der Waals surface area contributed by atoms with Crippen molar-refractivity contribution in [3.05, 3.63) is 65.7 Å². The number of carbonyl (C=O) groups is 18. The number of aliphatic carboxylic acids is 2. The number of thiol groups is 2. The highest BCUT2D eigenvalue weighted by atomic mass is 32.2. The van der Waals surface area contributed by atoms with E-state index in [1.54, 1.807) is 50.4 Å². The molecule has 0 aromatic heterocycles. The molecule has 15 atom stereocenters. The number of phenolic OH excluding ortho intramolecular Hbond substituents is 1. The normalized spacial score (nSPS) is 14.5. The van der Waals surface area contributed by atoms with Gasteiger partial charge >= 0.3 is 11.9 Å². The molecule has 48 nitrogen and oxygen atoms in total. The molecule has 0 aliphatic carbocycles. The molecule has 2 aromatic carbocycles. The summed E-state index contributed by atoms with van der Waals surface area (Å²) in [7, 11) is 0. The number of carbonyl (C=O) groups excluding carboxylic acids is 16. The van der Waals surface area contributed by atoms with Crippen molar-refractivity contribution in [2.45, 2.75) is 216 Å². The van der Waals surface area contributed by atoms with Crippen LogP contribution in [0.1, 0.15) is 123 Å². The zero-order valence-electron chi connectivity index (χ0n) is 72.7. The zero-order chi connectivity index (χ0) is 97.3. The molecule has 0 spiro atoms. The number of rotatable bonds is 61. The number of primary amides is 1. The minimum atomic E-state index is -1.93. The van der Waals surface area contributed by atoms with Gasteiger partial charge in [0.15, 0.2) is 17.9 Å². The first-order valence-electron chi connectivity index (χ1n) is 41.1. The SMILES string of the molecule is CSCC[C@H](NC(=O)[C@H](CS)NC(=O)[C@H](CCCNC(=N)N)NC(=O)[C@H](CCCNC(=N)N)NC(=O)[C@H](CC(C)C)NC(=O)[C@H](C)NC(=O)[C@H](C)NC(=O)[C@@H](NC(=O)[C@H](CO)NC(=O)[C@H](CCC(=O)O)NC(=O)[C@H](Cc1ccccc1)NC(=O)[C@H](CS)NC(=O)[C@H](CC(N)=O)NC(=O)[C@@H](N)CCCNC(=N)N)C(C)C)C(=O)N[C@@H](Cc1ccc(O)cc1)C(=O)NCC(=O)O. The van der Waals surface area contributed by atoms with E-state index in [1.807, 2.05) is 0 Å². The largest absolute Gasteiger partial charge is 0.508 e. The van der Waals surface area contributed by atoms with E-state index in [1.165, 1.54) is 63.7 Å². The quantitative estimate of drug-likeness (QED) is 0.0127.